The van der Waals surface area contributed by atoms with Crippen LogP contribution in [0.1, 0.15) is 35.6 Å². The Kier molecular flexibility index (Phi) is 4.39. The zero-order valence-corrected chi connectivity index (χ0v) is 13.2. The van der Waals surface area contributed by atoms with Crippen LogP contribution in [-0.4, -0.2) is 27.0 Å². The number of hydrogen-bond donors (Lipinski definition) is 1. The van der Waals surface area contributed by atoms with E-state index in [1.165, 1.54) is 0 Å². The maximum atomic E-state index is 11.5. The highest BCUT2D eigenvalue weighted by Crippen LogP contribution is 2.31. The normalized spacial score (nSPS) is 22.7. The Morgan fingerprint density at radius 2 is 2.05 bits per heavy atom. The van der Waals surface area contributed by atoms with Gasteiger partial charge in [0.15, 0.2) is 9.84 Å². The molecule has 1 aliphatic heterocycles. The lowest BCUT2D eigenvalue weighted by atomic mass is 9.91. The third-order valence-electron chi connectivity index (χ3n) is 4.10. The van der Waals surface area contributed by atoms with Crippen molar-refractivity contribution in [2.45, 2.75) is 32.7 Å². The van der Waals surface area contributed by atoms with Crippen molar-refractivity contribution >= 4 is 9.84 Å². The average Bonchev–Trinajstić information content (AvgIpc) is 2.70. The van der Waals surface area contributed by atoms with Gasteiger partial charge < -0.3 is 10.5 Å². The van der Waals surface area contributed by atoms with Gasteiger partial charge in [-0.25, -0.2) is 8.42 Å². The topological polar surface area (TPSA) is 69.4 Å². The van der Waals surface area contributed by atoms with Gasteiger partial charge in [-0.2, -0.15) is 0 Å². The number of sulfone groups is 1. The fraction of sp³-hybridized carbons (Fsp3) is 0.600. The van der Waals surface area contributed by atoms with Crippen molar-refractivity contribution in [3.05, 3.63) is 28.8 Å². The minimum absolute atomic E-state index is 0.113. The van der Waals surface area contributed by atoms with E-state index in [1.807, 2.05) is 19.9 Å². The fourth-order valence-electron chi connectivity index (χ4n) is 2.98. The Balaban J connectivity index is 2.13. The third kappa shape index (κ3) is 3.33. The van der Waals surface area contributed by atoms with Crippen LogP contribution in [0.4, 0.5) is 0 Å². The number of benzene rings is 1. The molecular weight excluding hydrogens is 274 g/mol. The number of aryl methyl sites for hydroxylation is 2. The smallest absolute Gasteiger partial charge is 0.150 e. The molecule has 2 rings (SSSR count). The van der Waals surface area contributed by atoms with Crippen molar-refractivity contribution in [2.24, 2.45) is 11.7 Å². The molecule has 1 aliphatic rings. The summed E-state index contributed by atoms with van der Waals surface area (Å²) in [4.78, 5) is 0. The quantitative estimate of drug-likeness (QED) is 0.924. The summed E-state index contributed by atoms with van der Waals surface area (Å²) < 4.78 is 28.3. The molecule has 112 valence electrons. The van der Waals surface area contributed by atoms with Crippen molar-refractivity contribution in [3.8, 4) is 5.75 Å². The van der Waals surface area contributed by atoms with Gasteiger partial charge in [0.1, 0.15) is 5.75 Å². The summed E-state index contributed by atoms with van der Waals surface area (Å²) >= 11 is 0. The monoisotopic (exact) mass is 297 g/mol. The van der Waals surface area contributed by atoms with E-state index in [0.717, 1.165) is 35.3 Å². The average molecular weight is 297 g/mol. The van der Waals surface area contributed by atoms with E-state index in [-0.39, 0.29) is 17.7 Å². The van der Waals surface area contributed by atoms with Crippen LogP contribution in [0.25, 0.3) is 0 Å². The number of nitrogens with two attached hydrogens (primary N) is 1. The minimum Gasteiger partial charge on any atom is -0.496 e. The first-order valence-corrected chi connectivity index (χ1v) is 8.75. The van der Waals surface area contributed by atoms with Gasteiger partial charge in [-0.05, 0) is 55.4 Å². The molecule has 1 aromatic rings. The second-order valence-electron chi connectivity index (χ2n) is 5.79. The molecule has 0 aromatic heterocycles. The number of rotatable bonds is 4. The molecule has 20 heavy (non-hydrogen) atoms. The maximum Gasteiger partial charge on any atom is 0.150 e. The van der Waals surface area contributed by atoms with E-state index in [0.29, 0.717) is 5.75 Å². The molecule has 0 radical (unpaired) electrons. The lowest BCUT2D eigenvalue weighted by Gasteiger charge is -2.19. The summed E-state index contributed by atoms with van der Waals surface area (Å²) in [5.41, 5.74) is 9.54. The number of methoxy groups -OCH3 is 1. The van der Waals surface area contributed by atoms with Gasteiger partial charge in [0.2, 0.25) is 0 Å². The van der Waals surface area contributed by atoms with Crippen molar-refractivity contribution < 1.29 is 13.2 Å². The molecule has 0 aliphatic carbocycles. The first kappa shape index (κ1) is 15.3. The van der Waals surface area contributed by atoms with E-state index in [9.17, 15) is 8.42 Å². The Hall–Kier alpha value is -1.07. The van der Waals surface area contributed by atoms with Crippen LogP contribution >= 0.6 is 0 Å². The molecule has 4 nitrogen and oxygen atoms in total. The summed E-state index contributed by atoms with van der Waals surface area (Å²) in [5.74, 6) is 1.65. The Bertz CT molecular complexity index is 595. The Morgan fingerprint density at radius 1 is 1.35 bits per heavy atom. The zero-order chi connectivity index (χ0) is 14.9. The van der Waals surface area contributed by atoms with E-state index in [1.54, 1.807) is 7.11 Å². The summed E-state index contributed by atoms with van der Waals surface area (Å²) in [7, 11) is -1.17. The summed E-state index contributed by atoms with van der Waals surface area (Å²) in [5, 5.41) is 0. The number of ether oxygens (including phenoxy) is 1. The molecular formula is C15H23NO3S. The first-order valence-electron chi connectivity index (χ1n) is 6.93. The van der Waals surface area contributed by atoms with Crippen LogP contribution in [0.3, 0.4) is 0 Å². The van der Waals surface area contributed by atoms with Gasteiger partial charge in [0, 0.05) is 6.04 Å². The van der Waals surface area contributed by atoms with Crippen molar-refractivity contribution in [1.82, 2.24) is 0 Å². The largest absolute Gasteiger partial charge is 0.496 e. The predicted octanol–water partition coefficient (Wildman–Crippen LogP) is 2.14. The van der Waals surface area contributed by atoms with Crippen LogP contribution in [0.5, 0.6) is 5.75 Å². The highest BCUT2D eigenvalue weighted by molar-refractivity contribution is 7.91. The van der Waals surface area contributed by atoms with Crippen molar-refractivity contribution in [1.29, 1.82) is 0 Å². The van der Waals surface area contributed by atoms with Gasteiger partial charge in [-0.3, -0.25) is 0 Å². The second-order valence-corrected chi connectivity index (χ2v) is 8.02. The molecule has 0 bridgehead atoms. The van der Waals surface area contributed by atoms with Crippen LogP contribution in [0.15, 0.2) is 12.1 Å². The molecule has 0 amide bonds. The minimum atomic E-state index is -2.83. The van der Waals surface area contributed by atoms with E-state index in [2.05, 4.69) is 6.07 Å². The second kappa shape index (κ2) is 5.74. The molecule has 5 heteroatoms. The lowest BCUT2D eigenvalue weighted by molar-refractivity contribution is 0.410. The molecule has 2 unspecified atom stereocenters. The summed E-state index contributed by atoms with van der Waals surface area (Å²) in [6.07, 6.45) is 1.47. The predicted molar refractivity (Wildman–Crippen MR) is 80.8 cm³/mol. The molecule has 0 spiro atoms. The third-order valence-corrected chi connectivity index (χ3v) is 5.93. The lowest BCUT2D eigenvalue weighted by Crippen LogP contribution is -2.17. The maximum absolute atomic E-state index is 11.5. The van der Waals surface area contributed by atoms with Crippen LogP contribution in [0, 0.1) is 19.8 Å². The van der Waals surface area contributed by atoms with E-state index < -0.39 is 9.84 Å². The zero-order valence-electron chi connectivity index (χ0n) is 12.3. The number of hydrogen-bond acceptors (Lipinski definition) is 4. The summed E-state index contributed by atoms with van der Waals surface area (Å²) in [6.45, 7) is 4.01. The van der Waals surface area contributed by atoms with Gasteiger partial charge in [0.25, 0.3) is 0 Å². The highest BCUT2D eigenvalue weighted by Gasteiger charge is 2.29. The van der Waals surface area contributed by atoms with Gasteiger partial charge >= 0.3 is 0 Å². The van der Waals surface area contributed by atoms with Gasteiger partial charge in [-0.1, -0.05) is 6.07 Å². The molecule has 1 heterocycles. The first-order chi connectivity index (χ1) is 9.32. The Labute approximate surface area is 121 Å². The molecule has 2 N–H and O–H groups in total. The Morgan fingerprint density at radius 3 is 2.60 bits per heavy atom. The van der Waals surface area contributed by atoms with Crippen LogP contribution in [-0.2, 0) is 9.84 Å². The molecule has 0 saturated carbocycles. The van der Waals surface area contributed by atoms with E-state index >= 15 is 0 Å². The van der Waals surface area contributed by atoms with Crippen LogP contribution in [0.2, 0.25) is 0 Å². The molecule has 1 saturated heterocycles. The van der Waals surface area contributed by atoms with Gasteiger partial charge in [-0.15, -0.1) is 0 Å². The molecule has 2 atom stereocenters. The van der Waals surface area contributed by atoms with Crippen molar-refractivity contribution in [2.75, 3.05) is 18.6 Å². The molecule has 1 aromatic carbocycles. The standard InChI is InChI=1S/C15H23NO3S/c1-10-7-15(19-3)11(2)6-13(10)14(16)8-12-4-5-20(17,18)9-12/h6-7,12,14H,4-5,8-9,16H2,1-3H3. The summed E-state index contributed by atoms with van der Waals surface area (Å²) in [6, 6.07) is 3.94. The van der Waals surface area contributed by atoms with Crippen molar-refractivity contribution in [3.63, 3.8) is 0 Å². The SMILES string of the molecule is COc1cc(C)c(C(N)CC2CCS(=O)(=O)C2)cc1C. The fourth-order valence-corrected chi connectivity index (χ4v) is 4.86. The van der Waals surface area contributed by atoms with Crippen LogP contribution < -0.4 is 10.5 Å². The molecule has 1 fully saturated rings. The van der Waals surface area contributed by atoms with E-state index in [4.69, 9.17) is 10.5 Å². The highest BCUT2D eigenvalue weighted by atomic mass is 32.2. The van der Waals surface area contributed by atoms with Gasteiger partial charge in [0.05, 0.1) is 18.6 Å².